The molecular formula is C54H58N4O2. The lowest BCUT2D eigenvalue weighted by molar-refractivity contribution is 0.479. The van der Waals surface area contributed by atoms with Crippen LogP contribution in [-0.2, 0) is 21.7 Å². The molecule has 0 radical (unpaired) electrons. The molecule has 0 aliphatic carbocycles. The zero-order valence-electron chi connectivity index (χ0n) is 37.4. The Balaban J connectivity index is 1.15. The van der Waals surface area contributed by atoms with Crippen molar-refractivity contribution in [3.63, 3.8) is 0 Å². The first kappa shape index (κ1) is 39.5. The predicted molar refractivity (Wildman–Crippen MR) is 252 cm³/mol. The summed E-state index contributed by atoms with van der Waals surface area (Å²) >= 11 is 0. The van der Waals surface area contributed by atoms with E-state index in [1.54, 1.807) is 0 Å². The Labute approximate surface area is 355 Å². The number of anilines is 4. The third-order valence-corrected chi connectivity index (χ3v) is 12.1. The summed E-state index contributed by atoms with van der Waals surface area (Å²) in [4.78, 5) is 9.84. The minimum atomic E-state index is -0.121. The van der Waals surface area contributed by atoms with Crippen molar-refractivity contribution in [3.05, 3.63) is 144 Å². The minimum Gasteiger partial charge on any atom is -0.457 e. The zero-order valence-corrected chi connectivity index (χ0v) is 37.4. The van der Waals surface area contributed by atoms with Crippen LogP contribution in [0.5, 0.6) is 11.5 Å². The molecular weight excluding hydrogens is 737 g/mol. The highest BCUT2D eigenvalue weighted by Gasteiger charge is 2.32. The molecule has 0 bridgehead atoms. The first-order valence-corrected chi connectivity index (χ1v) is 21.3. The van der Waals surface area contributed by atoms with E-state index in [0.717, 1.165) is 56.0 Å². The lowest BCUT2D eigenvalue weighted by Gasteiger charge is -2.29. The molecule has 1 aliphatic rings. The van der Waals surface area contributed by atoms with Gasteiger partial charge in [-0.3, -0.25) is 4.57 Å². The maximum Gasteiger partial charge on any atom is 0.161 e. The maximum atomic E-state index is 6.95. The highest BCUT2D eigenvalue weighted by Crippen LogP contribution is 2.48. The molecule has 0 amide bonds. The summed E-state index contributed by atoms with van der Waals surface area (Å²) in [6.07, 6.45) is 1.91. The van der Waals surface area contributed by atoms with Crippen LogP contribution in [0.2, 0.25) is 0 Å². The molecule has 0 spiro atoms. The van der Waals surface area contributed by atoms with E-state index < -0.39 is 0 Å². The van der Waals surface area contributed by atoms with Crippen LogP contribution in [-0.4, -0.2) is 16.2 Å². The van der Waals surface area contributed by atoms with Gasteiger partial charge in [0.15, 0.2) is 5.58 Å². The Morgan fingerprint density at radius 2 is 1.08 bits per heavy atom. The van der Waals surface area contributed by atoms with E-state index in [2.05, 4.69) is 201 Å². The highest BCUT2D eigenvalue weighted by molar-refractivity contribution is 6.16. The number of fused-ring (bicyclic) bond motifs is 6. The van der Waals surface area contributed by atoms with Crippen LogP contribution in [0.15, 0.2) is 126 Å². The van der Waals surface area contributed by atoms with Gasteiger partial charge in [0, 0.05) is 40.5 Å². The smallest absolute Gasteiger partial charge is 0.161 e. The molecule has 8 aromatic rings. The van der Waals surface area contributed by atoms with Gasteiger partial charge in [-0.05, 0) is 117 Å². The number of hydrogen-bond donors (Lipinski definition) is 0. The number of ether oxygens (including phenoxy) is 1. The van der Waals surface area contributed by atoms with Gasteiger partial charge in [-0.1, -0.05) is 113 Å². The molecule has 0 N–H and O–H groups in total. The molecule has 0 unspecified atom stereocenters. The Bertz CT molecular complexity index is 2910. The number of aromatic nitrogens is 2. The van der Waals surface area contributed by atoms with Gasteiger partial charge in [0.05, 0.1) is 16.9 Å². The van der Waals surface area contributed by atoms with Crippen LogP contribution in [0.3, 0.4) is 0 Å². The van der Waals surface area contributed by atoms with Crippen molar-refractivity contribution in [1.29, 1.82) is 0 Å². The molecule has 0 atom stereocenters. The van der Waals surface area contributed by atoms with Crippen LogP contribution in [0.1, 0.15) is 105 Å². The van der Waals surface area contributed by atoms with Crippen molar-refractivity contribution < 1.29 is 9.15 Å². The summed E-state index contributed by atoms with van der Waals surface area (Å²) in [5, 5.41) is 2.07. The van der Waals surface area contributed by atoms with Crippen LogP contribution in [0.4, 0.5) is 22.7 Å². The van der Waals surface area contributed by atoms with Gasteiger partial charge in [0.25, 0.3) is 0 Å². The maximum absolute atomic E-state index is 6.95. The molecule has 1 aliphatic heterocycles. The van der Waals surface area contributed by atoms with Crippen LogP contribution in [0.25, 0.3) is 38.8 Å². The highest BCUT2D eigenvalue weighted by atomic mass is 16.5. The second kappa shape index (κ2) is 13.8. The van der Waals surface area contributed by atoms with E-state index in [0.29, 0.717) is 6.67 Å². The van der Waals surface area contributed by atoms with Crippen LogP contribution >= 0.6 is 0 Å². The quantitative estimate of drug-likeness (QED) is 0.174. The van der Waals surface area contributed by atoms with Crippen molar-refractivity contribution in [3.8, 4) is 17.3 Å². The number of benzene rings is 5. The van der Waals surface area contributed by atoms with Crippen molar-refractivity contribution in [2.45, 2.75) is 105 Å². The third kappa shape index (κ3) is 7.00. The predicted octanol–water partition coefficient (Wildman–Crippen LogP) is 15.2. The fraction of sp³-hybridized carbons (Fsp3) is 0.315. The number of hydrogen-bond acceptors (Lipinski definition) is 5. The van der Waals surface area contributed by atoms with E-state index in [1.807, 2.05) is 18.3 Å². The molecule has 60 heavy (non-hydrogen) atoms. The molecule has 0 fully saturated rings. The van der Waals surface area contributed by atoms with E-state index in [1.165, 1.54) is 39.3 Å². The SMILES string of the molecule is CC(C)(C)c1cc(Oc2ccc3c4oc5ccccc5c4n(-c4cc(C(C)(C)C)ccn4)c3c2)cc(N2CN(c3cc(C(C)(C)C)cc(C(C)(C)C)c3)c3ccccc32)c1. The standard InChI is InChI=1S/C54H58N4O2/c1-51(2,3)34-23-24-55-48(30-34)58-46-32-40(21-22-42(46)50-49(58)43-17-13-16-20-47(43)60-50)59-41-29-37(54(10,11)12)28-39(31-41)57-33-56(44-18-14-15-19-45(44)57)38-26-35(52(4,5)6)25-36(27-38)53(7,8)9/h13-32H,33H2,1-12H3. The second-order valence-corrected chi connectivity index (χ2v) is 20.8. The van der Waals surface area contributed by atoms with E-state index in [9.17, 15) is 0 Å². The number of para-hydroxylation sites is 3. The number of nitrogens with zero attached hydrogens (tertiary/aromatic N) is 4. The van der Waals surface area contributed by atoms with Gasteiger partial charge in [-0.15, -0.1) is 0 Å². The Morgan fingerprint density at radius 3 is 1.70 bits per heavy atom. The van der Waals surface area contributed by atoms with E-state index in [4.69, 9.17) is 14.1 Å². The lowest BCUT2D eigenvalue weighted by atomic mass is 9.80. The molecule has 6 heteroatoms. The van der Waals surface area contributed by atoms with Crippen molar-refractivity contribution >= 4 is 55.7 Å². The van der Waals surface area contributed by atoms with E-state index in [-0.39, 0.29) is 21.7 Å². The number of pyridine rings is 1. The van der Waals surface area contributed by atoms with Gasteiger partial charge < -0.3 is 19.0 Å². The van der Waals surface area contributed by atoms with Crippen molar-refractivity contribution in [2.24, 2.45) is 0 Å². The third-order valence-electron chi connectivity index (χ3n) is 12.1. The summed E-state index contributed by atoms with van der Waals surface area (Å²) in [6.45, 7) is 28.0. The molecule has 0 saturated carbocycles. The summed E-state index contributed by atoms with van der Waals surface area (Å²) < 4.78 is 15.8. The Morgan fingerprint density at radius 1 is 0.517 bits per heavy atom. The topological polar surface area (TPSA) is 46.7 Å². The molecule has 0 saturated heterocycles. The average molecular weight is 795 g/mol. The minimum absolute atomic E-state index is 0.0114. The zero-order chi connectivity index (χ0) is 42.5. The Hall–Kier alpha value is -6.01. The van der Waals surface area contributed by atoms with Gasteiger partial charge >= 0.3 is 0 Å². The molecule has 5 aromatic carbocycles. The van der Waals surface area contributed by atoms with Crippen molar-refractivity contribution in [1.82, 2.24) is 9.55 Å². The lowest BCUT2D eigenvalue weighted by Crippen LogP contribution is -2.26. The second-order valence-electron chi connectivity index (χ2n) is 20.8. The first-order valence-electron chi connectivity index (χ1n) is 21.3. The van der Waals surface area contributed by atoms with Gasteiger partial charge in [0.2, 0.25) is 0 Å². The summed E-state index contributed by atoms with van der Waals surface area (Å²) in [6, 6.07) is 41.5. The van der Waals surface area contributed by atoms with Crippen LogP contribution < -0.4 is 14.5 Å². The normalized spacial score (nSPS) is 13.9. The summed E-state index contributed by atoms with van der Waals surface area (Å²) in [5.74, 6) is 2.38. The van der Waals surface area contributed by atoms with Gasteiger partial charge in [-0.2, -0.15) is 0 Å². The van der Waals surface area contributed by atoms with E-state index >= 15 is 0 Å². The first-order chi connectivity index (χ1) is 28.2. The van der Waals surface area contributed by atoms with Gasteiger partial charge in [0.1, 0.15) is 35.1 Å². The van der Waals surface area contributed by atoms with Gasteiger partial charge in [-0.25, -0.2) is 4.98 Å². The molecule has 3 aromatic heterocycles. The largest absolute Gasteiger partial charge is 0.457 e. The molecule has 4 heterocycles. The molecule has 306 valence electrons. The molecule has 9 rings (SSSR count). The number of furan rings is 1. The fourth-order valence-corrected chi connectivity index (χ4v) is 8.41. The molecule has 6 nitrogen and oxygen atoms in total. The Kier molecular flexibility index (Phi) is 9.05. The fourth-order valence-electron chi connectivity index (χ4n) is 8.41. The van der Waals surface area contributed by atoms with Crippen LogP contribution in [0, 0.1) is 0 Å². The summed E-state index contributed by atoms with van der Waals surface area (Å²) in [5.41, 5.74) is 13.3. The summed E-state index contributed by atoms with van der Waals surface area (Å²) in [7, 11) is 0. The monoisotopic (exact) mass is 794 g/mol. The average Bonchev–Trinajstić information content (AvgIpc) is 3.85. The van der Waals surface area contributed by atoms with Crippen molar-refractivity contribution in [2.75, 3.05) is 16.5 Å². The number of rotatable bonds is 5.